The molecule has 0 spiro atoms. The van der Waals surface area contributed by atoms with E-state index < -0.39 is 0 Å². The fourth-order valence-electron chi connectivity index (χ4n) is 1.66. The topological polar surface area (TPSA) is 32.7 Å². The summed E-state index contributed by atoms with van der Waals surface area (Å²) in [6.07, 6.45) is 4.90. The molecule has 68 valence electrons. The standard InChI is InChI=1S/C9H16N2O/c1-2-5-11-6-3-9(4-7-11)10-8-12/h9H,2-7H2,1H3. The molecule has 0 aromatic heterocycles. The molecule has 12 heavy (non-hydrogen) atoms. The highest BCUT2D eigenvalue weighted by molar-refractivity contribution is 5.33. The number of rotatable bonds is 3. The Kier molecular flexibility index (Phi) is 3.98. The third-order valence-electron chi connectivity index (χ3n) is 2.33. The number of carbonyl (C=O) groups excluding carboxylic acids is 1. The molecule has 0 aliphatic carbocycles. The Hall–Kier alpha value is -0.660. The van der Waals surface area contributed by atoms with Crippen molar-refractivity contribution >= 4 is 6.08 Å². The van der Waals surface area contributed by atoms with E-state index in [0.717, 1.165) is 25.9 Å². The van der Waals surface area contributed by atoms with Gasteiger partial charge in [-0.05, 0) is 25.8 Å². The van der Waals surface area contributed by atoms with Crippen LogP contribution in [0.25, 0.3) is 0 Å². The van der Waals surface area contributed by atoms with Crippen molar-refractivity contribution < 1.29 is 4.79 Å². The summed E-state index contributed by atoms with van der Waals surface area (Å²) in [5, 5.41) is 0. The Morgan fingerprint density at radius 1 is 1.50 bits per heavy atom. The summed E-state index contributed by atoms with van der Waals surface area (Å²) in [6.45, 7) is 5.54. The third kappa shape index (κ3) is 2.76. The molecule has 0 saturated carbocycles. The highest BCUT2D eigenvalue weighted by atomic mass is 16.1. The van der Waals surface area contributed by atoms with E-state index in [1.54, 1.807) is 6.08 Å². The second kappa shape index (κ2) is 5.07. The van der Waals surface area contributed by atoms with Gasteiger partial charge >= 0.3 is 0 Å². The number of aliphatic imine (C=N–C) groups is 1. The van der Waals surface area contributed by atoms with Crippen LogP contribution >= 0.6 is 0 Å². The van der Waals surface area contributed by atoms with Crippen LogP contribution < -0.4 is 0 Å². The van der Waals surface area contributed by atoms with E-state index in [1.807, 2.05) is 0 Å². The molecular formula is C9H16N2O. The van der Waals surface area contributed by atoms with Gasteiger partial charge in [0, 0.05) is 13.1 Å². The van der Waals surface area contributed by atoms with Gasteiger partial charge in [-0.15, -0.1) is 0 Å². The number of isocyanates is 1. The number of nitrogens with zero attached hydrogens (tertiary/aromatic N) is 2. The molecule has 1 fully saturated rings. The van der Waals surface area contributed by atoms with Gasteiger partial charge in [0.2, 0.25) is 6.08 Å². The Balaban J connectivity index is 2.24. The Bertz CT molecular complexity index is 167. The molecule has 0 aromatic rings. The molecule has 1 saturated heterocycles. The van der Waals surface area contributed by atoms with Crippen LogP contribution in [0.1, 0.15) is 26.2 Å². The van der Waals surface area contributed by atoms with Crippen molar-refractivity contribution in [2.75, 3.05) is 19.6 Å². The molecule has 0 amide bonds. The van der Waals surface area contributed by atoms with Crippen LogP contribution in [0.4, 0.5) is 0 Å². The fourth-order valence-corrected chi connectivity index (χ4v) is 1.66. The maximum absolute atomic E-state index is 9.98. The lowest BCUT2D eigenvalue weighted by atomic mass is 10.1. The van der Waals surface area contributed by atoms with E-state index in [2.05, 4.69) is 16.8 Å². The molecular weight excluding hydrogens is 152 g/mol. The molecule has 3 heteroatoms. The number of hydrogen-bond donors (Lipinski definition) is 0. The molecule has 1 rings (SSSR count). The SMILES string of the molecule is CCCN1CCC(N=C=O)CC1. The largest absolute Gasteiger partial charge is 0.303 e. The second-order valence-electron chi connectivity index (χ2n) is 3.29. The molecule has 0 atom stereocenters. The van der Waals surface area contributed by atoms with E-state index in [0.29, 0.717) is 0 Å². The summed E-state index contributed by atoms with van der Waals surface area (Å²) in [6, 6.07) is 0.246. The number of hydrogen-bond acceptors (Lipinski definition) is 3. The number of likely N-dealkylation sites (tertiary alicyclic amines) is 1. The highest BCUT2D eigenvalue weighted by Crippen LogP contribution is 2.12. The van der Waals surface area contributed by atoms with Crippen LogP contribution in [-0.2, 0) is 4.79 Å². The third-order valence-corrected chi connectivity index (χ3v) is 2.33. The van der Waals surface area contributed by atoms with E-state index in [-0.39, 0.29) is 6.04 Å². The maximum atomic E-state index is 9.98. The molecule has 0 N–H and O–H groups in total. The van der Waals surface area contributed by atoms with Gasteiger partial charge in [-0.2, -0.15) is 0 Å². The Morgan fingerprint density at radius 3 is 2.67 bits per heavy atom. The Morgan fingerprint density at radius 2 is 2.17 bits per heavy atom. The summed E-state index contributed by atoms with van der Waals surface area (Å²) in [5.41, 5.74) is 0. The maximum Gasteiger partial charge on any atom is 0.235 e. The van der Waals surface area contributed by atoms with Crippen molar-refractivity contribution in [2.24, 2.45) is 4.99 Å². The number of piperidine rings is 1. The van der Waals surface area contributed by atoms with Crippen molar-refractivity contribution in [1.29, 1.82) is 0 Å². The second-order valence-corrected chi connectivity index (χ2v) is 3.29. The van der Waals surface area contributed by atoms with Gasteiger partial charge in [0.1, 0.15) is 0 Å². The van der Waals surface area contributed by atoms with E-state index >= 15 is 0 Å². The summed E-state index contributed by atoms with van der Waals surface area (Å²) in [4.78, 5) is 16.1. The van der Waals surface area contributed by atoms with Gasteiger partial charge < -0.3 is 4.90 Å². The smallest absolute Gasteiger partial charge is 0.235 e. The summed E-state index contributed by atoms with van der Waals surface area (Å²) in [7, 11) is 0. The van der Waals surface area contributed by atoms with Crippen molar-refractivity contribution in [3.8, 4) is 0 Å². The van der Waals surface area contributed by atoms with Gasteiger partial charge in [-0.1, -0.05) is 6.92 Å². The average molecular weight is 168 g/mol. The lowest BCUT2D eigenvalue weighted by Crippen LogP contribution is -2.35. The lowest BCUT2D eigenvalue weighted by molar-refractivity contribution is 0.214. The first-order valence-electron chi connectivity index (χ1n) is 4.66. The molecule has 0 unspecified atom stereocenters. The van der Waals surface area contributed by atoms with Gasteiger partial charge in [0.25, 0.3) is 0 Å². The predicted molar refractivity (Wildman–Crippen MR) is 47.9 cm³/mol. The van der Waals surface area contributed by atoms with Crippen molar-refractivity contribution in [3.05, 3.63) is 0 Å². The van der Waals surface area contributed by atoms with Crippen molar-refractivity contribution in [2.45, 2.75) is 32.2 Å². The quantitative estimate of drug-likeness (QED) is 0.468. The summed E-state index contributed by atoms with van der Waals surface area (Å²) >= 11 is 0. The van der Waals surface area contributed by atoms with Crippen LogP contribution in [0.2, 0.25) is 0 Å². The summed E-state index contributed by atoms with van der Waals surface area (Å²) in [5.74, 6) is 0. The summed E-state index contributed by atoms with van der Waals surface area (Å²) < 4.78 is 0. The van der Waals surface area contributed by atoms with Gasteiger partial charge in [0.15, 0.2) is 0 Å². The van der Waals surface area contributed by atoms with Crippen LogP contribution in [0, 0.1) is 0 Å². The molecule has 1 heterocycles. The monoisotopic (exact) mass is 168 g/mol. The molecule has 0 bridgehead atoms. The zero-order chi connectivity index (χ0) is 8.81. The van der Waals surface area contributed by atoms with Gasteiger partial charge in [-0.3, -0.25) is 0 Å². The van der Waals surface area contributed by atoms with E-state index in [4.69, 9.17) is 0 Å². The first-order chi connectivity index (χ1) is 5.86. The normalized spacial score (nSPS) is 20.4. The minimum atomic E-state index is 0.246. The van der Waals surface area contributed by atoms with Crippen LogP contribution in [0.15, 0.2) is 4.99 Å². The minimum Gasteiger partial charge on any atom is -0.303 e. The zero-order valence-corrected chi connectivity index (χ0v) is 7.62. The van der Waals surface area contributed by atoms with Crippen LogP contribution in [0.3, 0.4) is 0 Å². The zero-order valence-electron chi connectivity index (χ0n) is 7.62. The van der Waals surface area contributed by atoms with Gasteiger partial charge in [-0.25, -0.2) is 9.79 Å². The van der Waals surface area contributed by atoms with Crippen LogP contribution in [0.5, 0.6) is 0 Å². The first kappa shape index (κ1) is 9.43. The molecule has 1 aliphatic heterocycles. The molecule has 0 radical (unpaired) electrons. The van der Waals surface area contributed by atoms with Crippen LogP contribution in [-0.4, -0.2) is 36.7 Å². The van der Waals surface area contributed by atoms with Gasteiger partial charge in [0.05, 0.1) is 6.04 Å². The van der Waals surface area contributed by atoms with E-state index in [1.165, 1.54) is 13.0 Å². The average Bonchev–Trinajstić information content (AvgIpc) is 2.09. The fraction of sp³-hybridized carbons (Fsp3) is 0.889. The first-order valence-corrected chi connectivity index (χ1v) is 4.66. The Labute approximate surface area is 73.5 Å². The molecule has 0 aromatic carbocycles. The van der Waals surface area contributed by atoms with E-state index in [9.17, 15) is 4.79 Å². The minimum absolute atomic E-state index is 0.246. The van der Waals surface area contributed by atoms with Crippen molar-refractivity contribution in [3.63, 3.8) is 0 Å². The lowest BCUT2D eigenvalue weighted by Gasteiger charge is -2.28. The molecule has 1 aliphatic rings. The predicted octanol–water partition coefficient (Wildman–Crippen LogP) is 1.20. The molecule has 3 nitrogen and oxygen atoms in total. The van der Waals surface area contributed by atoms with Crippen molar-refractivity contribution in [1.82, 2.24) is 4.90 Å². The highest BCUT2D eigenvalue weighted by Gasteiger charge is 2.17.